The van der Waals surface area contributed by atoms with Crippen molar-refractivity contribution in [3.8, 4) is 0 Å². The van der Waals surface area contributed by atoms with Crippen LogP contribution in [-0.4, -0.2) is 46.2 Å². The molecule has 27 heavy (non-hydrogen) atoms. The number of aryl methyl sites for hydroxylation is 3. The molecule has 7 nitrogen and oxygen atoms in total. The first-order chi connectivity index (χ1) is 12.8. The number of carbonyl (C=O) groups excluding carboxylic acids is 1. The molecule has 3 aromatic rings. The second-order valence-corrected chi connectivity index (χ2v) is 7.08. The van der Waals surface area contributed by atoms with Crippen LogP contribution in [0.1, 0.15) is 33.2 Å². The van der Waals surface area contributed by atoms with E-state index in [-0.39, 0.29) is 17.5 Å². The van der Waals surface area contributed by atoms with E-state index in [4.69, 9.17) is 0 Å². The number of hydrogen-bond acceptors (Lipinski definition) is 4. The summed E-state index contributed by atoms with van der Waals surface area (Å²) in [6.07, 6.45) is 0. The molecule has 0 saturated carbocycles. The van der Waals surface area contributed by atoms with Gasteiger partial charge in [-0.15, -0.1) is 0 Å². The number of likely N-dealkylation sites (N-methyl/N-ethyl adjacent to an activating group) is 1. The Morgan fingerprint density at radius 1 is 1.26 bits per heavy atom. The standard InChI is InChI=1S/C20H25N5O2/c1-12-6-8-14(9-7-12)16(24(3)4)11-21-20(27)15-10-17(26)22-19-18(15)13(2)23-25(19)5/h6-10,16H,11H2,1-5H3,(H,21,27)(H,22,26). The molecule has 2 N–H and O–H groups in total. The van der Waals surface area contributed by atoms with Crippen molar-refractivity contribution in [2.75, 3.05) is 20.6 Å². The molecule has 1 amide bonds. The predicted molar refractivity (Wildman–Crippen MR) is 106 cm³/mol. The molecular formula is C20H25N5O2. The van der Waals surface area contributed by atoms with Crippen LogP contribution < -0.4 is 10.9 Å². The largest absolute Gasteiger partial charge is 0.350 e. The highest BCUT2D eigenvalue weighted by Gasteiger charge is 2.20. The summed E-state index contributed by atoms with van der Waals surface area (Å²) >= 11 is 0. The zero-order valence-corrected chi connectivity index (χ0v) is 16.3. The molecule has 1 unspecified atom stereocenters. The lowest BCUT2D eigenvalue weighted by atomic mass is 10.0. The van der Waals surface area contributed by atoms with E-state index >= 15 is 0 Å². The molecule has 0 aliphatic carbocycles. The summed E-state index contributed by atoms with van der Waals surface area (Å²) in [5.74, 6) is -0.277. The van der Waals surface area contributed by atoms with Crippen LogP contribution in [0.4, 0.5) is 0 Å². The maximum absolute atomic E-state index is 12.9. The summed E-state index contributed by atoms with van der Waals surface area (Å²) in [6.45, 7) is 4.31. The Morgan fingerprint density at radius 3 is 2.56 bits per heavy atom. The molecule has 0 fully saturated rings. The van der Waals surface area contributed by atoms with E-state index in [1.807, 2.05) is 27.9 Å². The minimum absolute atomic E-state index is 0.0297. The highest BCUT2D eigenvalue weighted by Crippen LogP contribution is 2.20. The van der Waals surface area contributed by atoms with Crippen molar-refractivity contribution in [3.05, 3.63) is 63.1 Å². The third kappa shape index (κ3) is 3.78. The first-order valence-corrected chi connectivity index (χ1v) is 8.85. The van der Waals surface area contributed by atoms with Gasteiger partial charge in [0.25, 0.3) is 5.91 Å². The van der Waals surface area contributed by atoms with Crippen LogP contribution in [0.2, 0.25) is 0 Å². The summed E-state index contributed by atoms with van der Waals surface area (Å²) < 4.78 is 1.58. The van der Waals surface area contributed by atoms with Gasteiger partial charge in [0.2, 0.25) is 5.56 Å². The number of pyridine rings is 1. The minimum atomic E-state index is -0.321. The summed E-state index contributed by atoms with van der Waals surface area (Å²) in [4.78, 5) is 29.7. The maximum Gasteiger partial charge on any atom is 0.252 e. The van der Waals surface area contributed by atoms with Gasteiger partial charge < -0.3 is 15.2 Å². The smallest absolute Gasteiger partial charge is 0.252 e. The fraction of sp³-hybridized carbons (Fsp3) is 0.350. The zero-order chi connectivity index (χ0) is 19.7. The lowest BCUT2D eigenvalue weighted by molar-refractivity contribution is 0.0943. The van der Waals surface area contributed by atoms with Crippen molar-refractivity contribution < 1.29 is 4.79 Å². The van der Waals surface area contributed by atoms with Crippen LogP contribution >= 0.6 is 0 Å². The Hall–Kier alpha value is -2.93. The topological polar surface area (TPSA) is 83.0 Å². The van der Waals surface area contributed by atoms with E-state index in [2.05, 4.69) is 44.6 Å². The second kappa shape index (κ2) is 7.36. The van der Waals surface area contributed by atoms with E-state index in [1.165, 1.54) is 11.6 Å². The SMILES string of the molecule is Cc1ccc(C(CNC(=O)c2cc(=O)[nH]c3c2c(C)nn3C)N(C)C)cc1. The fourth-order valence-electron chi connectivity index (χ4n) is 3.33. The summed E-state index contributed by atoms with van der Waals surface area (Å²) in [5.41, 5.74) is 3.60. The number of H-pyrrole nitrogens is 1. The Bertz CT molecular complexity index is 1030. The summed E-state index contributed by atoms with van der Waals surface area (Å²) in [5, 5.41) is 7.96. The van der Waals surface area contributed by atoms with E-state index in [0.717, 1.165) is 5.56 Å². The predicted octanol–water partition coefficient (Wildman–Crippen LogP) is 1.91. The van der Waals surface area contributed by atoms with Crippen LogP contribution in [0.3, 0.4) is 0 Å². The van der Waals surface area contributed by atoms with Crippen LogP contribution in [0, 0.1) is 13.8 Å². The number of rotatable bonds is 5. The average molecular weight is 367 g/mol. The van der Waals surface area contributed by atoms with Crippen molar-refractivity contribution in [3.63, 3.8) is 0 Å². The van der Waals surface area contributed by atoms with Gasteiger partial charge in [0, 0.05) is 19.7 Å². The fourth-order valence-corrected chi connectivity index (χ4v) is 3.33. The quantitative estimate of drug-likeness (QED) is 0.722. The average Bonchev–Trinajstić information content (AvgIpc) is 2.89. The number of benzene rings is 1. The molecule has 1 atom stereocenters. The van der Waals surface area contributed by atoms with E-state index in [1.54, 1.807) is 11.7 Å². The van der Waals surface area contributed by atoms with Crippen molar-refractivity contribution in [2.24, 2.45) is 7.05 Å². The Labute approximate surface area is 158 Å². The number of amides is 1. The maximum atomic E-state index is 12.9. The van der Waals surface area contributed by atoms with E-state index < -0.39 is 0 Å². The molecular weight excluding hydrogens is 342 g/mol. The van der Waals surface area contributed by atoms with Gasteiger partial charge in [-0.2, -0.15) is 5.10 Å². The van der Waals surface area contributed by atoms with Gasteiger partial charge in [0.1, 0.15) is 5.65 Å². The number of nitrogens with zero attached hydrogens (tertiary/aromatic N) is 3. The number of fused-ring (bicyclic) bond motifs is 1. The molecule has 1 aromatic carbocycles. The molecule has 0 spiro atoms. The van der Waals surface area contributed by atoms with E-state index in [0.29, 0.717) is 28.8 Å². The normalized spacial score (nSPS) is 12.5. The molecule has 2 heterocycles. The molecule has 0 saturated heterocycles. The highest BCUT2D eigenvalue weighted by molar-refractivity contribution is 6.06. The Kier molecular flexibility index (Phi) is 5.14. The summed E-state index contributed by atoms with van der Waals surface area (Å²) in [6, 6.07) is 9.64. The van der Waals surface area contributed by atoms with Crippen molar-refractivity contribution in [1.82, 2.24) is 25.0 Å². The van der Waals surface area contributed by atoms with Crippen LogP contribution in [0.25, 0.3) is 11.0 Å². The van der Waals surface area contributed by atoms with Crippen molar-refractivity contribution >= 4 is 16.9 Å². The van der Waals surface area contributed by atoms with Gasteiger partial charge in [-0.1, -0.05) is 29.8 Å². The lowest BCUT2D eigenvalue weighted by Crippen LogP contribution is -2.35. The zero-order valence-electron chi connectivity index (χ0n) is 16.3. The molecule has 3 rings (SSSR count). The third-order valence-electron chi connectivity index (χ3n) is 4.79. The van der Waals surface area contributed by atoms with Crippen LogP contribution in [0.5, 0.6) is 0 Å². The van der Waals surface area contributed by atoms with Gasteiger partial charge in [-0.25, -0.2) is 0 Å². The van der Waals surface area contributed by atoms with Crippen molar-refractivity contribution in [1.29, 1.82) is 0 Å². The Morgan fingerprint density at radius 2 is 1.93 bits per heavy atom. The molecule has 7 heteroatoms. The molecule has 0 aliphatic rings. The first kappa shape index (κ1) is 18.8. The first-order valence-electron chi connectivity index (χ1n) is 8.85. The van der Waals surface area contributed by atoms with E-state index in [9.17, 15) is 9.59 Å². The van der Waals surface area contributed by atoms with Gasteiger partial charge in [0.05, 0.1) is 22.7 Å². The molecule has 0 aliphatic heterocycles. The Balaban J connectivity index is 1.88. The van der Waals surface area contributed by atoms with Crippen LogP contribution in [-0.2, 0) is 7.05 Å². The number of hydrogen-bond donors (Lipinski definition) is 2. The number of aromatic amines is 1. The number of nitrogens with one attached hydrogen (secondary N) is 2. The number of aromatic nitrogens is 3. The minimum Gasteiger partial charge on any atom is -0.350 e. The van der Waals surface area contributed by atoms with Gasteiger partial charge in [-0.05, 0) is 33.5 Å². The molecule has 2 aromatic heterocycles. The molecule has 0 bridgehead atoms. The molecule has 0 radical (unpaired) electrons. The van der Waals surface area contributed by atoms with Gasteiger partial charge >= 0.3 is 0 Å². The van der Waals surface area contributed by atoms with Gasteiger partial charge in [-0.3, -0.25) is 14.3 Å². The monoisotopic (exact) mass is 367 g/mol. The highest BCUT2D eigenvalue weighted by atomic mass is 16.2. The van der Waals surface area contributed by atoms with Crippen LogP contribution in [0.15, 0.2) is 35.1 Å². The van der Waals surface area contributed by atoms with Crippen molar-refractivity contribution in [2.45, 2.75) is 19.9 Å². The number of carbonyl (C=O) groups is 1. The van der Waals surface area contributed by atoms with Gasteiger partial charge in [0.15, 0.2) is 0 Å². The summed E-state index contributed by atoms with van der Waals surface area (Å²) in [7, 11) is 5.70. The second-order valence-electron chi connectivity index (χ2n) is 7.08. The lowest BCUT2D eigenvalue weighted by Gasteiger charge is -2.25. The third-order valence-corrected chi connectivity index (χ3v) is 4.79. The molecule has 142 valence electrons.